The number of rotatable bonds is 4. The molecular formula is C27H25N3O7. The molecule has 2 aromatic rings. The summed E-state index contributed by atoms with van der Waals surface area (Å²) in [7, 11) is 0. The first kappa shape index (κ1) is 22.4. The predicted molar refractivity (Wildman–Crippen MR) is 130 cm³/mol. The number of ether oxygens (including phenoxy) is 1. The highest BCUT2D eigenvalue weighted by Gasteiger charge is 2.74. The van der Waals surface area contributed by atoms with Crippen LogP contribution in [-0.4, -0.2) is 73.6 Å². The summed E-state index contributed by atoms with van der Waals surface area (Å²) in [5.41, 5.74) is -1.04. The minimum absolute atomic E-state index is 0.00101. The quantitative estimate of drug-likeness (QED) is 0.281. The fraction of sp³-hybridized carbons (Fsp3) is 0.407. The number of hydrogen-bond acceptors (Lipinski definition) is 8. The number of benzene rings is 2. The Morgan fingerprint density at radius 2 is 2.03 bits per heavy atom. The maximum Gasteiger partial charge on any atom is 0.282 e. The van der Waals surface area contributed by atoms with E-state index in [1.165, 1.54) is 18.2 Å². The third kappa shape index (κ3) is 2.47. The second kappa shape index (κ2) is 7.17. The lowest BCUT2D eigenvalue weighted by atomic mass is 9.48. The highest BCUT2D eigenvalue weighted by atomic mass is 16.6. The number of phenols is 1. The van der Waals surface area contributed by atoms with Crippen molar-refractivity contribution in [3.05, 3.63) is 75.4 Å². The largest absolute Gasteiger partial charge is 0.504 e. The van der Waals surface area contributed by atoms with E-state index in [0.29, 0.717) is 38.1 Å². The summed E-state index contributed by atoms with van der Waals surface area (Å²) in [6.07, 6.45) is 2.67. The summed E-state index contributed by atoms with van der Waals surface area (Å²) >= 11 is 0. The molecule has 3 aliphatic heterocycles. The first-order chi connectivity index (χ1) is 17.7. The zero-order valence-electron chi connectivity index (χ0n) is 19.9. The summed E-state index contributed by atoms with van der Waals surface area (Å²) in [4.78, 5) is 41.5. The van der Waals surface area contributed by atoms with Gasteiger partial charge in [-0.2, -0.15) is 0 Å². The molecular weight excluding hydrogens is 478 g/mol. The molecule has 2 fully saturated rings. The smallest absolute Gasteiger partial charge is 0.282 e. The summed E-state index contributed by atoms with van der Waals surface area (Å²) in [6, 6.07) is 6.50. The average Bonchev–Trinajstić information content (AvgIpc) is 3.35. The van der Waals surface area contributed by atoms with Gasteiger partial charge in [-0.05, 0) is 49.9 Å². The molecule has 10 heteroatoms. The summed E-state index contributed by atoms with van der Waals surface area (Å²) in [6.45, 7) is 5.13. The number of hydrogen-bond donors (Lipinski definition) is 2. The molecule has 2 N–H and O–H groups in total. The SMILES string of the molecule is C=CCN1CC[C@]23c4c5ccc(O)c4O[C@H]2[C@H](N2C(=O)c4cccc([N+](=O)[O-])c4C2=O)CCC3(O)[C@H]1C5. The average molecular weight is 504 g/mol. The molecule has 190 valence electrons. The van der Waals surface area contributed by atoms with Crippen LogP contribution in [0, 0.1) is 10.1 Å². The number of imide groups is 1. The monoisotopic (exact) mass is 503 g/mol. The molecule has 2 bridgehead atoms. The lowest BCUT2D eigenvalue weighted by Gasteiger charge is -2.64. The second-order valence-corrected chi connectivity index (χ2v) is 10.7. The third-order valence-electron chi connectivity index (χ3n) is 9.36. The fourth-order valence-corrected chi connectivity index (χ4v) is 7.99. The van der Waals surface area contributed by atoms with E-state index in [1.807, 2.05) is 12.1 Å². The van der Waals surface area contributed by atoms with E-state index in [0.717, 1.165) is 16.0 Å². The molecule has 2 aliphatic carbocycles. The molecule has 37 heavy (non-hydrogen) atoms. The standard InChI is InChI=1S/C27H25N3O7/c1-2-11-28-12-10-26-21-14-6-7-18(31)22(21)37-23(26)17(8-9-27(26,34)19(28)13-14)29-24(32)15-4-3-5-16(30(35)36)20(15)25(29)33/h2-7,17,19,23,31,34H,1,8-13H2/t17-,19-,23+,26+,27?/m1/s1. The molecule has 5 aliphatic rings. The van der Waals surface area contributed by atoms with Gasteiger partial charge in [0.15, 0.2) is 11.5 Å². The highest BCUT2D eigenvalue weighted by molar-refractivity contribution is 6.23. The number of carbonyl (C=O) groups is 2. The molecule has 0 aromatic heterocycles. The van der Waals surface area contributed by atoms with Crippen LogP contribution >= 0.6 is 0 Å². The van der Waals surface area contributed by atoms with Crippen molar-refractivity contribution in [2.45, 2.75) is 54.9 Å². The van der Waals surface area contributed by atoms with Crippen LogP contribution in [0.5, 0.6) is 11.5 Å². The lowest BCUT2D eigenvalue weighted by Crippen LogP contribution is -2.78. The first-order valence-corrected chi connectivity index (χ1v) is 12.5. The molecule has 0 radical (unpaired) electrons. The maximum atomic E-state index is 13.6. The normalized spacial score (nSPS) is 33.1. The molecule has 3 heterocycles. The number of piperidine rings is 1. The van der Waals surface area contributed by atoms with Crippen LogP contribution in [0.2, 0.25) is 0 Å². The van der Waals surface area contributed by atoms with Gasteiger partial charge in [-0.3, -0.25) is 29.5 Å². The van der Waals surface area contributed by atoms with E-state index in [-0.39, 0.29) is 29.3 Å². The number of amides is 2. The van der Waals surface area contributed by atoms with Crippen LogP contribution in [0.1, 0.15) is 51.1 Å². The molecule has 10 nitrogen and oxygen atoms in total. The van der Waals surface area contributed by atoms with E-state index in [1.54, 1.807) is 6.07 Å². The first-order valence-electron chi connectivity index (χ1n) is 12.5. The van der Waals surface area contributed by atoms with Gasteiger partial charge in [0.05, 0.1) is 27.5 Å². The van der Waals surface area contributed by atoms with Gasteiger partial charge in [0.2, 0.25) is 0 Å². The number of nitro benzene ring substituents is 1. The topological polar surface area (TPSA) is 133 Å². The second-order valence-electron chi connectivity index (χ2n) is 10.7. The van der Waals surface area contributed by atoms with Crippen LogP contribution in [0.15, 0.2) is 43.0 Å². The molecule has 1 unspecified atom stereocenters. The Morgan fingerprint density at radius 1 is 1.22 bits per heavy atom. The Kier molecular flexibility index (Phi) is 4.35. The van der Waals surface area contributed by atoms with Crippen molar-refractivity contribution < 1.29 is 29.5 Å². The van der Waals surface area contributed by atoms with Crippen LogP contribution in [-0.2, 0) is 11.8 Å². The van der Waals surface area contributed by atoms with E-state index in [4.69, 9.17) is 4.74 Å². The summed E-state index contributed by atoms with van der Waals surface area (Å²) in [5.74, 6) is -1.07. The van der Waals surface area contributed by atoms with Crippen molar-refractivity contribution in [3.63, 3.8) is 0 Å². The number of phenolic OH excluding ortho intramolecular Hbond substituents is 1. The van der Waals surface area contributed by atoms with Gasteiger partial charge in [0.25, 0.3) is 17.5 Å². The van der Waals surface area contributed by atoms with Crippen molar-refractivity contribution in [1.29, 1.82) is 0 Å². The maximum absolute atomic E-state index is 13.6. The van der Waals surface area contributed by atoms with Gasteiger partial charge in [-0.15, -0.1) is 6.58 Å². The Bertz CT molecular complexity index is 1440. The Morgan fingerprint density at radius 3 is 2.78 bits per heavy atom. The fourth-order valence-electron chi connectivity index (χ4n) is 7.99. The number of fused-ring (bicyclic) bond motifs is 1. The van der Waals surface area contributed by atoms with Crippen LogP contribution in [0.25, 0.3) is 0 Å². The van der Waals surface area contributed by atoms with E-state index < -0.39 is 45.6 Å². The van der Waals surface area contributed by atoms with Gasteiger partial charge >= 0.3 is 0 Å². The molecule has 1 saturated carbocycles. The predicted octanol–water partition coefficient (Wildman–Crippen LogP) is 2.31. The van der Waals surface area contributed by atoms with Gasteiger partial charge in [-0.1, -0.05) is 18.2 Å². The Hall–Kier alpha value is -3.76. The van der Waals surface area contributed by atoms with Crippen molar-refractivity contribution in [1.82, 2.24) is 9.80 Å². The van der Waals surface area contributed by atoms with Gasteiger partial charge in [-0.25, -0.2) is 0 Å². The zero-order valence-corrected chi connectivity index (χ0v) is 19.9. The lowest BCUT2D eigenvalue weighted by molar-refractivity contribution is -0.385. The molecule has 1 saturated heterocycles. The minimum atomic E-state index is -1.22. The number of nitrogens with zero attached hydrogens (tertiary/aromatic N) is 3. The van der Waals surface area contributed by atoms with Gasteiger partial charge in [0.1, 0.15) is 11.7 Å². The molecule has 2 aromatic carbocycles. The van der Waals surface area contributed by atoms with Gasteiger partial charge in [0, 0.05) is 24.2 Å². The van der Waals surface area contributed by atoms with Gasteiger partial charge < -0.3 is 14.9 Å². The molecule has 7 rings (SSSR count). The summed E-state index contributed by atoms with van der Waals surface area (Å²) < 4.78 is 6.44. The molecule has 5 atom stereocenters. The van der Waals surface area contributed by atoms with E-state index >= 15 is 0 Å². The number of aromatic hydroxyl groups is 1. The number of aliphatic hydroxyl groups is 1. The van der Waals surface area contributed by atoms with E-state index in [9.17, 15) is 29.9 Å². The number of likely N-dealkylation sites (tertiary alicyclic amines) is 1. The van der Waals surface area contributed by atoms with Crippen molar-refractivity contribution >= 4 is 17.5 Å². The minimum Gasteiger partial charge on any atom is -0.504 e. The van der Waals surface area contributed by atoms with Crippen molar-refractivity contribution in [2.24, 2.45) is 0 Å². The summed E-state index contributed by atoms with van der Waals surface area (Å²) in [5, 5.41) is 34.9. The van der Waals surface area contributed by atoms with Crippen LogP contribution < -0.4 is 4.74 Å². The molecule has 2 amide bonds. The van der Waals surface area contributed by atoms with E-state index in [2.05, 4.69) is 11.5 Å². The van der Waals surface area contributed by atoms with Crippen LogP contribution in [0.3, 0.4) is 0 Å². The van der Waals surface area contributed by atoms with Crippen molar-refractivity contribution in [3.8, 4) is 11.5 Å². The van der Waals surface area contributed by atoms with Crippen LogP contribution in [0.4, 0.5) is 5.69 Å². The Labute approximate surface area is 211 Å². The van der Waals surface area contributed by atoms with Crippen molar-refractivity contribution in [2.75, 3.05) is 13.1 Å². The highest BCUT2D eigenvalue weighted by Crippen LogP contribution is 2.66. The molecule has 1 spiro atoms. The Balaban J connectivity index is 1.39. The number of nitro groups is 1. The third-order valence-corrected chi connectivity index (χ3v) is 9.36. The zero-order chi connectivity index (χ0) is 25.9. The number of carbonyl (C=O) groups excluding carboxylic acids is 2.